The van der Waals surface area contributed by atoms with E-state index in [1.54, 1.807) is 0 Å². The Morgan fingerprint density at radius 3 is 1.95 bits per heavy atom. The zero-order chi connectivity index (χ0) is 15.5. The lowest BCUT2D eigenvalue weighted by molar-refractivity contribution is -0.139. The van der Waals surface area contributed by atoms with Gasteiger partial charge in [-0.15, -0.1) is 0 Å². The smallest absolute Gasteiger partial charge is 0.318 e. The summed E-state index contributed by atoms with van der Waals surface area (Å²) in [5.74, 6) is -2.95. The summed E-state index contributed by atoms with van der Waals surface area (Å²) in [4.78, 5) is 20.9. The van der Waals surface area contributed by atoms with Crippen LogP contribution in [-0.2, 0) is 19.6 Å². The Kier molecular flexibility index (Phi) is 5.35. The molecule has 0 bridgehead atoms. The number of sulfonamides is 1. The molecule has 0 radical (unpaired) electrons. The number of nitrogens with zero attached hydrogens (tertiary/aromatic N) is 1. The standard InChI is InChI=1S/C10H9Cl2NO6S/c11-7-2-1-6(3-8(7)12)20(18,19)13(4-9(14)15)5-10(16)17/h1-3H,4-5H2,(H,14,15)(H,16,17). The molecule has 0 atom stereocenters. The quantitative estimate of drug-likeness (QED) is 0.802. The molecule has 7 nitrogen and oxygen atoms in total. The minimum atomic E-state index is -4.30. The van der Waals surface area contributed by atoms with Crippen LogP contribution in [0.25, 0.3) is 0 Å². The average Bonchev–Trinajstić information content (AvgIpc) is 2.30. The molecule has 0 heterocycles. The van der Waals surface area contributed by atoms with Crippen LogP contribution in [0.4, 0.5) is 0 Å². The van der Waals surface area contributed by atoms with E-state index in [9.17, 15) is 18.0 Å². The molecular formula is C10H9Cl2NO6S. The highest BCUT2D eigenvalue weighted by molar-refractivity contribution is 7.89. The van der Waals surface area contributed by atoms with E-state index in [1.807, 2.05) is 0 Å². The van der Waals surface area contributed by atoms with Gasteiger partial charge in [0, 0.05) is 0 Å². The zero-order valence-electron chi connectivity index (χ0n) is 9.79. The number of carboxylic acid groups (broad SMARTS) is 2. The van der Waals surface area contributed by atoms with Gasteiger partial charge in [-0.25, -0.2) is 8.42 Å². The average molecular weight is 342 g/mol. The third kappa shape index (κ3) is 4.07. The first-order valence-electron chi connectivity index (χ1n) is 5.03. The molecule has 0 aliphatic heterocycles. The van der Waals surface area contributed by atoms with Crippen LogP contribution in [-0.4, -0.2) is 48.0 Å². The third-order valence-corrected chi connectivity index (χ3v) is 4.68. The van der Waals surface area contributed by atoms with Gasteiger partial charge >= 0.3 is 11.9 Å². The van der Waals surface area contributed by atoms with E-state index in [1.165, 1.54) is 6.07 Å². The zero-order valence-corrected chi connectivity index (χ0v) is 12.1. The van der Waals surface area contributed by atoms with Crippen LogP contribution in [0.1, 0.15) is 0 Å². The molecule has 0 spiro atoms. The number of carboxylic acids is 2. The van der Waals surface area contributed by atoms with Crippen LogP contribution in [0.2, 0.25) is 10.0 Å². The van der Waals surface area contributed by atoms with E-state index in [2.05, 4.69) is 0 Å². The SMILES string of the molecule is O=C(O)CN(CC(=O)O)S(=O)(=O)c1ccc(Cl)c(Cl)c1. The Morgan fingerprint density at radius 1 is 1.05 bits per heavy atom. The van der Waals surface area contributed by atoms with Crippen LogP contribution >= 0.6 is 23.2 Å². The van der Waals surface area contributed by atoms with Crippen molar-refractivity contribution in [3.63, 3.8) is 0 Å². The molecule has 0 aliphatic rings. The number of hydrogen-bond acceptors (Lipinski definition) is 4. The molecule has 0 aliphatic carbocycles. The second-order valence-electron chi connectivity index (χ2n) is 3.64. The van der Waals surface area contributed by atoms with Crippen molar-refractivity contribution in [2.24, 2.45) is 0 Å². The summed E-state index contributed by atoms with van der Waals surface area (Å²) in [5.41, 5.74) is 0. The Morgan fingerprint density at radius 2 is 1.55 bits per heavy atom. The van der Waals surface area contributed by atoms with Gasteiger partial charge in [0.05, 0.1) is 14.9 Å². The van der Waals surface area contributed by atoms with Crippen molar-refractivity contribution in [2.75, 3.05) is 13.1 Å². The van der Waals surface area contributed by atoms with Gasteiger partial charge in [0.15, 0.2) is 0 Å². The van der Waals surface area contributed by atoms with Gasteiger partial charge < -0.3 is 10.2 Å². The molecule has 10 heteroatoms. The monoisotopic (exact) mass is 341 g/mol. The van der Waals surface area contributed by atoms with Gasteiger partial charge in [0.25, 0.3) is 0 Å². The summed E-state index contributed by atoms with van der Waals surface area (Å²) in [6, 6.07) is 3.35. The Bertz CT molecular complexity index is 629. The molecule has 0 saturated carbocycles. The highest BCUT2D eigenvalue weighted by Gasteiger charge is 2.29. The molecule has 2 N–H and O–H groups in total. The van der Waals surface area contributed by atoms with Crippen molar-refractivity contribution in [1.29, 1.82) is 0 Å². The van der Waals surface area contributed by atoms with Crippen molar-refractivity contribution >= 4 is 45.2 Å². The number of benzene rings is 1. The first kappa shape index (κ1) is 16.7. The van der Waals surface area contributed by atoms with E-state index < -0.39 is 35.1 Å². The normalized spacial score (nSPS) is 11.6. The second-order valence-corrected chi connectivity index (χ2v) is 6.39. The van der Waals surface area contributed by atoms with E-state index in [-0.39, 0.29) is 14.9 Å². The molecule has 0 fully saturated rings. The molecule has 0 aromatic heterocycles. The summed E-state index contributed by atoms with van der Waals surface area (Å²) in [7, 11) is -4.30. The molecule has 1 aromatic rings. The molecule has 0 saturated heterocycles. The summed E-state index contributed by atoms with van der Waals surface area (Å²) in [5, 5.41) is 17.4. The van der Waals surface area contributed by atoms with E-state index in [0.717, 1.165) is 12.1 Å². The topological polar surface area (TPSA) is 112 Å². The van der Waals surface area contributed by atoms with E-state index in [4.69, 9.17) is 33.4 Å². The molecule has 0 amide bonds. The second kappa shape index (κ2) is 6.40. The van der Waals surface area contributed by atoms with Gasteiger partial charge in [-0.1, -0.05) is 23.2 Å². The van der Waals surface area contributed by atoms with Crippen LogP contribution in [0, 0.1) is 0 Å². The van der Waals surface area contributed by atoms with Crippen molar-refractivity contribution in [1.82, 2.24) is 4.31 Å². The van der Waals surface area contributed by atoms with E-state index in [0.29, 0.717) is 4.31 Å². The fraction of sp³-hybridized carbons (Fsp3) is 0.200. The third-order valence-electron chi connectivity index (χ3n) is 2.15. The molecule has 20 heavy (non-hydrogen) atoms. The Hall–Kier alpha value is -1.35. The lowest BCUT2D eigenvalue weighted by Crippen LogP contribution is -2.39. The van der Waals surface area contributed by atoms with Crippen molar-refractivity contribution in [3.05, 3.63) is 28.2 Å². The fourth-order valence-electron chi connectivity index (χ4n) is 1.31. The van der Waals surface area contributed by atoms with Crippen molar-refractivity contribution < 1.29 is 28.2 Å². The number of rotatable bonds is 6. The van der Waals surface area contributed by atoms with Crippen LogP contribution < -0.4 is 0 Å². The summed E-state index contributed by atoms with van der Waals surface area (Å²) >= 11 is 11.3. The molecule has 1 aromatic carbocycles. The maximum Gasteiger partial charge on any atom is 0.318 e. The molecular weight excluding hydrogens is 333 g/mol. The minimum absolute atomic E-state index is 0.0432. The van der Waals surface area contributed by atoms with Crippen LogP contribution in [0.3, 0.4) is 0 Å². The summed E-state index contributed by atoms with van der Waals surface area (Å²) in [6.45, 7) is -1.95. The lowest BCUT2D eigenvalue weighted by Gasteiger charge is -2.18. The summed E-state index contributed by atoms with van der Waals surface area (Å²) < 4.78 is 24.6. The summed E-state index contributed by atoms with van der Waals surface area (Å²) in [6.07, 6.45) is 0. The maximum atomic E-state index is 12.2. The number of halogens is 2. The van der Waals surface area contributed by atoms with Gasteiger partial charge in [-0.05, 0) is 18.2 Å². The Balaban J connectivity index is 3.24. The predicted octanol–water partition coefficient (Wildman–Crippen LogP) is 1.15. The minimum Gasteiger partial charge on any atom is -0.480 e. The van der Waals surface area contributed by atoms with E-state index >= 15 is 0 Å². The van der Waals surface area contributed by atoms with Gasteiger partial charge in [-0.2, -0.15) is 4.31 Å². The number of hydrogen-bond donors (Lipinski definition) is 2. The highest BCUT2D eigenvalue weighted by Crippen LogP contribution is 2.26. The number of carbonyl (C=O) groups is 2. The molecule has 0 unspecified atom stereocenters. The van der Waals surface area contributed by atoms with Gasteiger partial charge in [0.2, 0.25) is 10.0 Å². The first-order chi connectivity index (χ1) is 9.14. The lowest BCUT2D eigenvalue weighted by atomic mass is 10.4. The van der Waals surface area contributed by atoms with Crippen molar-refractivity contribution in [3.8, 4) is 0 Å². The predicted molar refractivity (Wildman–Crippen MR) is 70.5 cm³/mol. The first-order valence-corrected chi connectivity index (χ1v) is 7.23. The number of aliphatic carboxylic acids is 2. The molecule has 1 rings (SSSR count). The van der Waals surface area contributed by atoms with Crippen molar-refractivity contribution in [2.45, 2.75) is 4.90 Å². The van der Waals surface area contributed by atoms with Crippen LogP contribution in [0.5, 0.6) is 0 Å². The fourth-order valence-corrected chi connectivity index (χ4v) is 3.04. The van der Waals surface area contributed by atoms with Gasteiger partial charge in [0.1, 0.15) is 13.1 Å². The molecule has 110 valence electrons. The van der Waals surface area contributed by atoms with Gasteiger partial charge in [-0.3, -0.25) is 9.59 Å². The Labute approximate surface area is 124 Å². The highest BCUT2D eigenvalue weighted by atomic mass is 35.5. The largest absolute Gasteiger partial charge is 0.480 e. The maximum absolute atomic E-state index is 12.2. The van der Waals surface area contributed by atoms with Crippen LogP contribution in [0.15, 0.2) is 23.1 Å².